The minimum Gasteiger partial charge on any atom is -0.455 e. The smallest absolute Gasteiger partial charge is 0.143 e. The molecule has 0 radical (unpaired) electrons. The van der Waals surface area contributed by atoms with E-state index in [1.165, 1.54) is 139 Å². The predicted molar refractivity (Wildman–Crippen MR) is 603 cm³/mol. The Morgan fingerprint density at radius 3 is 0.986 bits per heavy atom. The molecule has 143 heavy (non-hydrogen) atoms. The number of para-hydroxylation sites is 4. The van der Waals surface area contributed by atoms with Gasteiger partial charge in [-0.1, -0.05) is 432 Å². The zero-order chi connectivity index (χ0) is 94.5. The fourth-order valence-electron chi connectivity index (χ4n) is 23.0. The number of hydrogen-bond donors (Lipinski definition) is 0. The molecule has 0 saturated carbocycles. The van der Waals surface area contributed by atoms with Gasteiger partial charge in [-0.2, -0.15) is 0 Å². The average Bonchev–Trinajstić information content (AvgIpc) is 1.57. The van der Waals surface area contributed by atoms with Crippen LogP contribution >= 0.6 is 11.3 Å². The second-order valence-corrected chi connectivity index (χ2v) is 39.0. The van der Waals surface area contributed by atoms with Gasteiger partial charge >= 0.3 is 0 Å². The zero-order valence-electron chi connectivity index (χ0n) is 78.0. The van der Waals surface area contributed by atoms with Gasteiger partial charge in [-0.25, -0.2) is 29.9 Å². The normalized spacial score (nSPS) is 12.3. The molecule has 24 aromatic carbocycles. The number of rotatable bonds is 9. The molecular weight excluding hydrogens is 1750 g/mol. The van der Waals surface area contributed by atoms with E-state index >= 15 is 0 Å². The van der Waals surface area contributed by atoms with E-state index in [0.717, 1.165) is 156 Å². The van der Waals surface area contributed by atoms with Crippen molar-refractivity contribution in [3.63, 3.8) is 0 Å². The zero-order valence-corrected chi connectivity index (χ0v) is 78.8. The summed E-state index contributed by atoms with van der Waals surface area (Å²) in [6.45, 7) is 4.77. The van der Waals surface area contributed by atoms with Crippen molar-refractivity contribution < 1.29 is 4.42 Å². The fraction of sp³-hybridized carbons (Fsp3) is 0.0222. The summed E-state index contributed by atoms with van der Waals surface area (Å²) in [6, 6.07) is 168. The van der Waals surface area contributed by atoms with E-state index in [0.29, 0.717) is 0 Å². The maximum atomic E-state index is 6.54. The van der Waals surface area contributed by atoms with Gasteiger partial charge in [0.1, 0.15) is 11.2 Å². The highest BCUT2D eigenvalue weighted by atomic mass is 32.1. The number of fused-ring (bicyclic) bond motifs is 33. The maximum absolute atomic E-state index is 6.54. The molecule has 0 bridgehead atoms. The van der Waals surface area contributed by atoms with Crippen LogP contribution in [0.15, 0.2) is 478 Å². The van der Waals surface area contributed by atoms with Gasteiger partial charge in [-0.3, -0.25) is 0 Å². The number of nitrogens with zero attached hydrogens (tertiary/aromatic N) is 6. The molecule has 5 aromatic heterocycles. The van der Waals surface area contributed by atoms with E-state index in [1.807, 2.05) is 65.9 Å². The molecule has 29 aromatic rings. The molecule has 0 fully saturated rings. The molecule has 0 amide bonds. The number of benzene rings is 24. The quantitative estimate of drug-likeness (QED) is 0.133. The summed E-state index contributed by atoms with van der Waals surface area (Å²) in [5.41, 5.74) is 31.0. The molecule has 1 aliphatic rings. The molecule has 7 nitrogen and oxygen atoms in total. The summed E-state index contributed by atoms with van der Waals surface area (Å²) in [6.07, 6.45) is 0. The molecule has 0 spiro atoms. The van der Waals surface area contributed by atoms with Gasteiger partial charge in [0.2, 0.25) is 0 Å². The van der Waals surface area contributed by atoms with Crippen LogP contribution in [-0.2, 0) is 5.41 Å². The molecule has 0 unspecified atom stereocenters. The van der Waals surface area contributed by atoms with Gasteiger partial charge in [0.05, 0.1) is 67.3 Å². The van der Waals surface area contributed by atoms with Crippen molar-refractivity contribution in [2.24, 2.45) is 0 Å². The Bertz CT molecular complexity index is 10300. The van der Waals surface area contributed by atoms with Crippen molar-refractivity contribution in [3.8, 4) is 112 Å². The van der Waals surface area contributed by atoms with Crippen LogP contribution in [0.25, 0.3) is 284 Å². The molecule has 8 heteroatoms. The third-order valence-corrected chi connectivity index (χ3v) is 30.7. The summed E-state index contributed by atoms with van der Waals surface area (Å²) >= 11 is 1.90. The Kier molecular flexibility index (Phi) is 19.4. The van der Waals surface area contributed by atoms with Crippen LogP contribution in [0.2, 0.25) is 0 Å². The largest absolute Gasteiger partial charge is 0.455 e. The summed E-state index contributed by atoms with van der Waals surface area (Å²) in [7, 11) is 0. The lowest BCUT2D eigenvalue weighted by Gasteiger charge is -2.24. The first-order valence-electron chi connectivity index (χ1n) is 48.9. The summed E-state index contributed by atoms with van der Waals surface area (Å²) < 4.78 is 9.23. The number of aromatic nitrogens is 6. The van der Waals surface area contributed by atoms with Crippen LogP contribution in [0.4, 0.5) is 0 Å². The van der Waals surface area contributed by atoms with E-state index < -0.39 is 0 Å². The summed E-state index contributed by atoms with van der Waals surface area (Å²) in [5, 5.41) is 27.7. The molecule has 30 rings (SSSR count). The van der Waals surface area contributed by atoms with Crippen molar-refractivity contribution in [3.05, 3.63) is 484 Å². The third-order valence-electron chi connectivity index (χ3n) is 29.5. The average molecular weight is 1840 g/mol. The lowest BCUT2D eigenvalue weighted by Crippen LogP contribution is -2.15. The van der Waals surface area contributed by atoms with Gasteiger partial charge in [0.15, 0.2) is 0 Å². The lowest BCUT2D eigenvalue weighted by molar-refractivity contribution is 0.666. The lowest BCUT2D eigenvalue weighted by atomic mass is 9.78. The fourth-order valence-corrected chi connectivity index (χ4v) is 24.3. The second kappa shape index (κ2) is 33.5. The maximum Gasteiger partial charge on any atom is 0.143 e. The van der Waals surface area contributed by atoms with Crippen molar-refractivity contribution in [1.29, 1.82) is 0 Å². The standard InChI is InChI=1S/C47H32N2.C44H26N2O.C44H26N2S/c1-47(2)39-22-12-11-20-37(39)42-36-19-10-9-18-35(36)41-33-26-24-32(28-31(33)25-27-38(41)43(42)47)34-21-13-23-40-46(34)49-45(30-16-7-4-8-17-30)44(48-40)29-14-5-3-6-15-29;1-3-12-27(13-4-1)41-42(28-14-5-2-6-15-28)46-43-32(19-11-20-37(43)45-41)30-22-24-31-29(26-30)23-25-36-39(31)33-16-7-8-17-34(33)40-35-18-9-10-21-38(35)47-44(36)40;1-3-12-27(13-4-1)41-42(28-14-5-2-6-15-28)46-43-32(19-11-20-37(43)45-41)30-22-24-31-29(26-30)23-25-36-39(31)33-16-7-8-17-34(33)44-40(36)35-18-9-10-21-38(35)47-44/h3-28H,1-2H3;2*1-26H. The monoisotopic (exact) mass is 1840 g/mol. The van der Waals surface area contributed by atoms with Gasteiger partial charge in [0, 0.05) is 103 Å². The van der Waals surface area contributed by atoms with Crippen LogP contribution in [0, 0.1) is 0 Å². The van der Waals surface area contributed by atoms with Crippen LogP contribution in [0.3, 0.4) is 0 Å². The Morgan fingerprint density at radius 2 is 0.531 bits per heavy atom. The minimum absolute atomic E-state index is 0.0987. The van der Waals surface area contributed by atoms with Crippen LogP contribution in [0.5, 0.6) is 0 Å². The third kappa shape index (κ3) is 13.5. The number of hydrogen-bond acceptors (Lipinski definition) is 8. The van der Waals surface area contributed by atoms with E-state index in [2.05, 4.69) is 432 Å². The van der Waals surface area contributed by atoms with Crippen molar-refractivity contribution in [1.82, 2.24) is 29.9 Å². The second-order valence-electron chi connectivity index (χ2n) is 37.9. The summed E-state index contributed by atoms with van der Waals surface area (Å²) in [4.78, 5) is 31.8. The molecule has 5 heterocycles. The van der Waals surface area contributed by atoms with E-state index in [1.54, 1.807) is 0 Å². The van der Waals surface area contributed by atoms with Gasteiger partial charge in [-0.05, 0) is 174 Å². The van der Waals surface area contributed by atoms with Crippen molar-refractivity contribution in [2.45, 2.75) is 19.3 Å². The first-order chi connectivity index (χ1) is 70.7. The minimum atomic E-state index is -0.0987. The highest BCUT2D eigenvalue weighted by molar-refractivity contribution is 7.27. The Balaban J connectivity index is 0.000000105. The highest BCUT2D eigenvalue weighted by Crippen LogP contribution is 2.57. The van der Waals surface area contributed by atoms with Crippen molar-refractivity contribution >= 4 is 183 Å². The Labute approximate surface area is 827 Å². The molecule has 0 aliphatic heterocycles. The van der Waals surface area contributed by atoms with Crippen molar-refractivity contribution in [2.75, 3.05) is 0 Å². The predicted octanol–water partition coefficient (Wildman–Crippen LogP) is 36.8. The van der Waals surface area contributed by atoms with E-state index in [-0.39, 0.29) is 5.41 Å². The van der Waals surface area contributed by atoms with Gasteiger partial charge in [0.25, 0.3) is 0 Å². The Hall–Kier alpha value is -18.3. The number of furan rings is 1. The van der Waals surface area contributed by atoms with Gasteiger partial charge < -0.3 is 4.42 Å². The molecule has 0 atom stereocenters. The van der Waals surface area contributed by atoms with Crippen LogP contribution < -0.4 is 0 Å². The van der Waals surface area contributed by atoms with E-state index in [9.17, 15) is 0 Å². The van der Waals surface area contributed by atoms with Crippen LogP contribution in [-0.4, -0.2) is 29.9 Å². The first-order valence-corrected chi connectivity index (χ1v) is 49.7. The first kappa shape index (κ1) is 82.9. The molecule has 1 aliphatic carbocycles. The highest BCUT2D eigenvalue weighted by Gasteiger charge is 2.39. The molecule has 666 valence electrons. The van der Waals surface area contributed by atoms with Gasteiger partial charge in [-0.15, -0.1) is 11.3 Å². The van der Waals surface area contributed by atoms with Crippen LogP contribution in [0.1, 0.15) is 25.0 Å². The topological polar surface area (TPSA) is 90.5 Å². The molecule has 0 saturated heterocycles. The Morgan fingerprint density at radius 1 is 0.210 bits per heavy atom. The molecular formula is C135H84N6OS. The molecule has 0 N–H and O–H groups in total. The SMILES string of the molecule is CC1(C)c2ccccc2-c2c1c1ccc3cc(-c4cccc5nc(-c6ccccc6)c(-c6ccccc6)nc45)ccc3c1c1ccccc21.c1ccc(-c2nc3cccc(-c4ccc5c(ccc6c5c5ccccc5c5sc7ccccc7c65)c4)c3nc2-c2ccccc2)cc1.c1ccc(-c2nc3cccc(-c4ccc5c(ccc6c7oc8ccccc8c7c7ccccc7c56)c4)c3nc2-c2ccccc2)cc1. The van der Waals surface area contributed by atoms with E-state index in [4.69, 9.17) is 34.3 Å². The summed E-state index contributed by atoms with van der Waals surface area (Å²) in [5.74, 6) is 0. The number of thiophene rings is 1.